The Hall–Kier alpha value is 0.219. The van der Waals surface area contributed by atoms with E-state index >= 15 is 0 Å². The zero-order valence-electron chi connectivity index (χ0n) is 7.52. The normalized spacial score (nSPS) is 11.7. The van der Waals surface area contributed by atoms with Crippen LogP contribution in [0.1, 0.15) is 26.3 Å². The Bertz CT molecular complexity index is 266. The van der Waals surface area contributed by atoms with Gasteiger partial charge in [0.2, 0.25) is 0 Å². The van der Waals surface area contributed by atoms with Crippen molar-refractivity contribution in [2.75, 3.05) is 0 Å². The van der Waals surface area contributed by atoms with E-state index in [2.05, 4.69) is 70.9 Å². The van der Waals surface area contributed by atoms with E-state index in [9.17, 15) is 0 Å². The van der Waals surface area contributed by atoms with Gasteiger partial charge >= 0.3 is 90.8 Å². The maximum atomic E-state index is 3.49. The van der Waals surface area contributed by atoms with E-state index in [1.165, 1.54) is 10.0 Å². The quantitative estimate of drug-likeness (QED) is 0.644. The molecule has 0 atom stereocenters. The minimum atomic E-state index is 0.225. The first-order valence-corrected chi connectivity index (χ1v) is 5.52. The van der Waals surface area contributed by atoms with E-state index in [0.29, 0.717) is 0 Å². The summed E-state index contributed by atoms with van der Waals surface area (Å²) in [5.41, 5.74) is 1.58. The summed E-state index contributed by atoms with van der Waals surface area (Å²) in [4.78, 5) is 0. The Balaban J connectivity index is 3.18. The second-order valence-electron chi connectivity index (χ2n) is 3.93. The van der Waals surface area contributed by atoms with Crippen molar-refractivity contribution in [1.82, 2.24) is 0 Å². The molecule has 1 radical (unpaired) electrons. The van der Waals surface area contributed by atoms with Gasteiger partial charge in [-0.15, -0.1) is 0 Å². The molecular weight excluding hydrogens is 279 g/mol. The van der Waals surface area contributed by atoms with Gasteiger partial charge in [-0.25, -0.2) is 0 Å². The third kappa shape index (κ3) is 2.62. The van der Waals surface area contributed by atoms with Gasteiger partial charge in [0.25, 0.3) is 0 Å². The molecule has 0 heterocycles. The van der Waals surface area contributed by atoms with Gasteiger partial charge in [-0.1, -0.05) is 0 Å². The molecule has 0 nitrogen and oxygen atoms in total. The van der Waals surface area contributed by atoms with Crippen molar-refractivity contribution >= 4 is 36.4 Å². The van der Waals surface area contributed by atoms with Crippen LogP contribution in [0.25, 0.3) is 0 Å². The van der Waals surface area contributed by atoms with Gasteiger partial charge in [-0.2, -0.15) is 0 Å². The summed E-state index contributed by atoms with van der Waals surface area (Å²) in [5.74, 6) is 0. The van der Waals surface area contributed by atoms with Gasteiger partial charge in [-0.05, 0) is 0 Å². The van der Waals surface area contributed by atoms with Crippen LogP contribution in [0, 0.1) is 0 Å². The molecule has 1 rings (SSSR count). The summed E-state index contributed by atoms with van der Waals surface area (Å²) in [6, 6.07) is 6.43. The molecule has 0 bridgehead atoms. The predicted octanol–water partition coefficient (Wildman–Crippen LogP) is 2.54. The molecular formula is C10H12BrSe. The van der Waals surface area contributed by atoms with Crippen LogP contribution in [0.2, 0.25) is 0 Å². The van der Waals surface area contributed by atoms with Crippen molar-refractivity contribution in [3.63, 3.8) is 0 Å². The van der Waals surface area contributed by atoms with E-state index in [-0.39, 0.29) is 5.41 Å². The second kappa shape index (κ2) is 3.53. The first-order chi connectivity index (χ1) is 5.39. The Labute approximate surface area is 90.7 Å². The molecule has 0 unspecified atom stereocenters. The molecule has 0 fully saturated rings. The molecule has 2 heteroatoms. The fourth-order valence-electron chi connectivity index (χ4n) is 0.996. The number of hydrogen-bond donors (Lipinski definition) is 0. The van der Waals surface area contributed by atoms with Crippen molar-refractivity contribution in [3.8, 4) is 0 Å². The van der Waals surface area contributed by atoms with E-state index in [4.69, 9.17) is 0 Å². The fourth-order valence-corrected chi connectivity index (χ4v) is 2.36. The van der Waals surface area contributed by atoms with E-state index in [1.54, 1.807) is 0 Å². The van der Waals surface area contributed by atoms with Crippen LogP contribution in [-0.4, -0.2) is 16.0 Å². The standard InChI is InChI=1S/C10H12BrSe/c1-10(2,3)7-4-8(11)6-9(12)5-7/h4-6H,1-3H3. The molecule has 0 aromatic heterocycles. The van der Waals surface area contributed by atoms with Crippen LogP contribution in [0.5, 0.6) is 0 Å². The van der Waals surface area contributed by atoms with Crippen LogP contribution in [-0.2, 0) is 5.41 Å². The minimum absolute atomic E-state index is 0.225. The maximum absolute atomic E-state index is 3.49. The van der Waals surface area contributed by atoms with Crippen molar-refractivity contribution in [3.05, 3.63) is 28.2 Å². The molecule has 0 aliphatic rings. The topological polar surface area (TPSA) is 0 Å². The second-order valence-corrected chi connectivity index (χ2v) is 5.83. The van der Waals surface area contributed by atoms with E-state index in [0.717, 1.165) is 4.47 Å². The Kier molecular flexibility index (Phi) is 3.03. The summed E-state index contributed by atoms with van der Waals surface area (Å²) in [6.45, 7) is 6.65. The number of hydrogen-bond acceptors (Lipinski definition) is 0. The summed E-state index contributed by atoms with van der Waals surface area (Å²) in [7, 11) is 0. The van der Waals surface area contributed by atoms with Crippen molar-refractivity contribution in [1.29, 1.82) is 0 Å². The molecule has 0 saturated carbocycles. The predicted molar refractivity (Wildman–Crippen MR) is 58.2 cm³/mol. The zero-order valence-corrected chi connectivity index (χ0v) is 10.8. The molecule has 0 saturated heterocycles. The summed E-state index contributed by atoms with van der Waals surface area (Å²) < 4.78 is 2.33. The van der Waals surface area contributed by atoms with Crippen molar-refractivity contribution in [2.45, 2.75) is 26.2 Å². The molecule has 1 aromatic rings. The van der Waals surface area contributed by atoms with Crippen LogP contribution < -0.4 is 4.46 Å². The Morgan fingerprint density at radius 2 is 1.75 bits per heavy atom. The van der Waals surface area contributed by atoms with Crippen molar-refractivity contribution < 1.29 is 0 Å². The summed E-state index contributed by atoms with van der Waals surface area (Å²) in [6.07, 6.45) is 0. The zero-order chi connectivity index (χ0) is 9.35. The first-order valence-electron chi connectivity index (χ1n) is 3.88. The van der Waals surface area contributed by atoms with Gasteiger partial charge < -0.3 is 0 Å². The van der Waals surface area contributed by atoms with Crippen LogP contribution in [0.3, 0.4) is 0 Å². The Morgan fingerprint density at radius 1 is 1.17 bits per heavy atom. The number of benzene rings is 1. The molecule has 0 aliphatic heterocycles. The monoisotopic (exact) mass is 291 g/mol. The molecule has 65 valence electrons. The fraction of sp³-hybridized carbons (Fsp3) is 0.400. The van der Waals surface area contributed by atoms with Crippen LogP contribution in [0.15, 0.2) is 22.7 Å². The summed E-state index contributed by atoms with van der Waals surface area (Å²) >= 11 is 6.51. The third-order valence-corrected chi connectivity index (χ3v) is 2.69. The van der Waals surface area contributed by atoms with Gasteiger partial charge in [0.1, 0.15) is 0 Å². The van der Waals surface area contributed by atoms with E-state index < -0.39 is 0 Å². The van der Waals surface area contributed by atoms with Crippen LogP contribution in [0.4, 0.5) is 0 Å². The Morgan fingerprint density at radius 3 is 2.17 bits per heavy atom. The molecule has 0 amide bonds. The van der Waals surface area contributed by atoms with Crippen LogP contribution >= 0.6 is 15.9 Å². The van der Waals surface area contributed by atoms with Gasteiger partial charge in [-0.3, -0.25) is 0 Å². The SMILES string of the molecule is CC(C)(C)c1cc([Se])cc(Br)c1. The third-order valence-electron chi connectivity index (χ3n) is 1.74. The first kappa shape index (κ1) is 10.3. The molecule has 0 spiro atoms. The van der Waals surface area contributed by atoms with E-state index in [1.807, 2.05) is 0 Å². The van der Waals surface area contributed by atoms with Gasteiger partial charge in [0.05, 0.1) is 0 Å². The average Bonchev–Trinajstić information content (AvgIpc) is 1.82. The van der Waals surface area contributed by atoms with Gasteiger partial charge in [0, 0.05) is 0 Å². The molecule has 0 N–H and O–H groups in total. The van der Waals surface area contributed by atoms with Crippen molar-refractivity contribution in [2.24, 2.45) is 0 Å². The molecule has 0 aliphatic carbocycles. The summed E-state index contributed by atoms with van der Waals surface area (Å²) in [5, 5.41) is 0. The molecule has 12 heavy (non-hydrogen) atoms. The molecule has 1 aromatic carbocycles. The van der Waals surface area contributed by atoms with Gasteiger partial charge in [0.15, 0.2) is 0 Å². The number of rotatable bonds is 0. The average molecular weight is 291 g/mol. The number of halogens is 1.